The highest BCUT2D eigenvalue weighted by atomic mass is 32.1. The number of fused-ring (bicyclic) bond motifs is 6. The SMILES string of the molecule is CC1(C)c2ccccc2-c2ccc(-c3ccc(-c4ccc5sc6cc(-c7ccc(N(c8ccccc8)c8ccccc8)cc7)ccc6c5c4)cc3)cc21. The van der Waals surface area contributed by atoms with Crippen molar-refractivity contribution in [2.75, 3.05) is 4.90 Å². The number of hydrogen-bond acceptors (Lipinski definition) is 2. The quantitative estimate of drug-likeness (QED) is 0.167. The van der Waals surface area contributed by atoms with Gasteiger partial charge in [0.05, 0.1) is 0 Å². The molecule has 8 aromatic carbocycles. The molecular formula is C51H37NS. The Morgan fingerprint density at radius 3 is 1.53 bits per heavy atom. The zero-order valence-electron chi connectivity index (χ0n) is 29.8. The Hall–Kier alpha value is -6.22. The highest BCUT2D eigenvalue weighted by Gasteiger charge is 2.35. The first-order chi connectivity index (χ1) is 26.0. The van der Waals surface area contributed by atoms with Gasteiger partial charge in [0, 0.05) is 42.6 Å². The molecule has 0 radical (unpaired) electrons. The minimum absolute atomic E-state index is 0.000988. The topological polar surface area (TPSA) is 3.24 Å². The molecule has 0 aliphatic heterocycles. The summed E-state index contributed by atoms with van der Waals surface area (Å²) in [6, 6.07) is 68.9. The van der Waals surface area contributed by atoms with Gasteiger partial charge in [-0.2, -0.15) is 0 Å². The maximum absolute atomic E-state index is 2.40. The maximum Gasteiger partial charge on any atom is 0.0462 e. The smallest absolute Gasteiger partial charge is 0.0462 e. The molecule has 1 aliphatic rings. The van der Waals surface area contributed by atoms with E-state index in [0.29, 0.717) is 0 Å². The molecule has 0 bridgehead atoms. The molecule has 10 rings (SSSR count). The van der Waals surface area contributed by atoms with Gasteiger partial charge >= 0.3 is 0 Å². The van der Waals surface area contributed by atoms with E-state index in [1.54, 1.807) is 0 Å². The molecule has 0 N–H and O–H groups in total. The van der Waals surface area contributed by atoms with Crippen molar-refractivity contribution >= 4 is 48.6 Å². The van der Waals surface area contributed by atoms with E-state index in [9.17, 15) is 0 Å². The summed E-state index contributed by atoms with van der Waals surface area (Å²) >= 11 is 1.87. The summed E-state index contributed by atoms with van der Waals surface area (Å²) in [5.74, 6) is 0. The Bertz CT molecular complexity index is 2740. The minimum Gasteiger partial charge on any atom is -0.311 e. The van der Waals surface area contributed by atoms with Crippen LogP contribution in [0, 0.1) is 0 Å². The summed E-state index contributed by atoms with van der Waals surface area (Å²) in [5.41, 5.74) is 16.4. The molecule has 1 aromatic heterocycles. The van der Waals surface area contributed by atoms with Gasteiger partial charge in [0.1, 0.15) is 0 Å². The fraction of sp³-hybridized carbons (Fsp3) is 0.0588. The third-order valence-corrected chi connectivity index (χ3v) is 12.2. The maximum atomic E-state index is 2.40. The monoisotopic (exact) mass is 695 g/mol. The first kappa shape index (κ1) is 31.5. The summed E-state index contributed by atoms with van der Waals surface area (Å²) in [4.78, 5) is 2.30. The van der Waals surface area contributed by atoms with Crippen LogP contribution in [-0.4, -0.2) is 0 Å². The summed E-state index contributed by atoms with van der Waals surface area (Å²) in [7, 11) is 0. The Kier molecular flexibility index (Phi) is 7.42. The molecule has 0 fully saturated rings. The summed E-state index contributed by atoms with van der Waals surface area (Å²) < 4.78 is 2.63. The average molecular weight is 696 g/mol. The van der Waals surface area contributed by atoms with E-state index in [0.717, 1.165) is 17.1 Å². The van der Waals surface area contributed by atoms with Crippen LogP contribution in [0.4, 0.5) is 17.1 Å². The number of benzene rings is 8. The fourth-order valence-electron chi connectivity index (χ4n) is 8.28. The molecule has 9 aromatic rings. The van der Waals surface area contributed by atoms with Crippen molar-refractivity contribution in [3.8, 4) is 44.5 Å². The van der Waals surface area contributed by atoms with Gasteiger partial charge in [-0.1, -0.05) is 141 Å². The molecule has 0 saturated heterocycles. The predicted molar refractivity (Wildman–Crippen MR) is 228 cm³/mol. The Morgan fingerprint density at radius 2 is 0.849 bits per heavy atom. The van der Waals surface area contributed by atoms with E-state index in [1.165, 1.54) is 75.8 Å². The minimum atomic E-state index is -0.000988. The zero-order chi connectivity index (χ0) is 35.5. The molecule has 0 spiro atoms. The Balaban J connectivity index is 0.927. The van der Waals surface area contributed by atoms with Gasteiger partial charge in [0.25, 0.3) is 0 Å². The van der Waals surface area contributed by atoms with Crippen LogP contribution >= 0.6 is 11.3 Å². The van der Waals surface area contributed by atoms with Gasteiger partial charge in [-0.15, -0.1) is 11.3 Å². The van der Waals surface area contributed by atoms with Crippen LogP contribution in [-0.2, 0) is 5.41 Å². The third-order valence-electron chi connectivity index (χ3n) is 11.1. The standard InChI is InChI=1S/C51H37NS/c1-51(2)47-16-10-9-15-43(47)44-28-23-38(32-48(44)51)35-19-17-34(18-20-35)37-25-30-49-46(31-37)45-29-24-39(33-50(45)53-49)36-21-26-42(27-22-36)52(40-11-5-3-6-12-40)41-13-7-4-8-14-41/h3-33H,1-2H3. The molecule has 1 aliphatic carbocycles. The van der Waals surface area contributed by atoms with Crippen molar-refractivity contribution in [1.29, 1.82) is 0 Å². The van der Waals surface area contributed by atoms with Crippen LogP contribution in [0.5, 0.6) is 0 Å². The zero-order valence-corrected chi connectivity index (χ0v) is 30.6. The molecule has 0 unspecified atom stereocenters. The third kappa shape index (κ3) is 5.37. The molecule has 1 heterocycles. The second-order valence-electron chi connectivity index (χ2n) is 14.6. The lowest BCUT2D eigenvalue weighted by atomic mass is 9.81. The lowest BCUT2D eigenvalue weighted by Crippen LogP contribution is -2.14. The van der Waals surface area contributed by atoms with Crippen LogP contribution in [0.3, 0.4) is 0 Å². The summed E-state index contributed by atoms with van der Waals surface area (Å²) in [6.07, 6.45) is 0. The number of thiophene rings is 1. The second-order valence-corrected chi connectivity index (χ2v) is 15.7. The number of nitrogens with zero attached hydrogens (tertiary/aromatic N) is 1. The van der Waals surface area contributed by atoms with Crippen LogP contribution in [0.1, 0.15) is 25.0 Å². The molecule has 252 valence electrons. The summed E-state index contributed by atoms with van der Waals surface area (Å²) in [5, 5.41) is 2.63. The van der Waals surface area contributed by atoms with Crippen molar-refractivity contribution in [2.24, 2.45) is 0 Å². The van der Waals surface area contributed by atoms with Gasteiger partial charge in [-0.3, -0.25) is 0 Å². The first-order valence-electron chi connectivity index (χ1n) is 18.3. The van der Waals surface area contributed by atoms with Crippen molar-refractivity contribution in [2.45, 2.75) is 19.3 Å². The Morgan fingerprint density at radius 1 is 0.358 bits per heavy atom. The molecule has 2 heteroatoms. The number of para-hydroxylation sites is 2. The number of rotatable bonds is 6. The van der Waals surface area contributed by atoms with E-state index in [-0.39, 0.29) is 5.41 Å². The average Bonchev–Trinajstić information content (AvgIpc) is 3.70. The van der Waals surface area contributed by atoms with Crippen molar-refractivity contribution in [3.05, 3.63) is 199 Å². The molecule has 0 saturated carbocycles. The van der Waals surface area contributed by atoms with Crippen molar-refractivity contribution in [1.82, 2.24) is 0 Å². The lowest BCUT2D eigenvalue weighted by molar-refractivity contribution is 0.660. The van der Waals surface area contributed by atoms with E-state index in [4.69, 9.17) is 0 Å². The molecule has 0 amide bonds. The normalized spacial score (nSPS) is 12.9. The van der Waals surface area contributed by atoms with E-state index >= 15 is 0 Å². The van der Waals surface area contributed by atoms with Gasteiger partial charge < -0.3 is 4.90 Å². The van der Waals surface area contributed by atoms with Crippen LogP contribution in [0.2, 0.25) is 0 Å². The van der Waals surface area contributed by atoms with Gasteiger partial charge in [-0.25, -0.2) is 0 Å². The molecular weight excluding hydrogens is 659 g/mol. The van der Waals surface area contributed by atoms with Crippen molar-refractivity contribution < 1.29 is 0 Å². The summed E-state index contributed by atoms with van der Waals surface area (Å²) in [6.45, 7) is 4.69. The number of hydrogen-bond donors (Lipinski definition) is 0. The van der Waals surface area contributed by atoms with E-state index < -0.39 is 0 Å². The largest absolute Gasteiger partial charge is 0.311 e. The van der Waals surface area contributed by atoms with Crippen LogP contribution in [0.25, 0.3) is 64.7 Å². The lowest BCUT2D eigenvalue weighted by Gasteiger charge is -2.25. The second kappa shape index (κ2) is 12.5. The Labute approximate surface area is 315 Å². The fourth-order valence-corrected chi connectivity index (χ4v) is 9.41. The van der Waals surface area contributed by atoms with Gasteiger partial charge in [0.15, 0.2) is 0 Å². The highest BCUT2D eigenvalue weighted by Crippen LogP contribution is 2.49. The highest BCUT2D eigenvalue weighted by molar-refractivity contribution is 7.25. The number of anilines is 3. The van der Waals surface area contributed by atoms with Crippen LogP contribution < -0.4 is 4.90 Å². The van der Waals surface area contributed by atoms with E-state index in [1.807, 2.05) is 11.3 Å². The van der Waals surface area contributed by atoms with Crippen molar-refractivity contribution in [3.63, 3.8) is 0 Å². The molecule has 0 atom stereocenters. The van der Waals surface area contributed by atoms with Gasteiger partial charge in [0.2, 0.25) is 0 Å². The van der Waals surface area contributed by atoms with Crippen LogP contribution in [0.15, 0.2) is 188 Å². The first-order valence-corrected chi connectivity index (χ1v) is 19.2. The van der Waals surface area contributed by atoms with E-state index in [2.05, 4.69) is 207 Å². The molecule has 1 nitrogen and oxygen atoms in total. The molecule has 53 heavy (non-hydrogen) atoms. The predicted octanol–water partition coefficient (Wildman–Crippen LogP) is 14.8. The van der Waals surface area contributed by atoms with Gasteiger partial charge in [-0.05, 0) is 116 Å².